The van der Waals surface area contributed by atoms with Crippen LogP contribution in [0.2, 0.25) is 5.02 Å². The molecule has 0 radical (unpaired) electrons. The average molecular weight is 312 g/mol. The Hall–Kier alpha value is -1.86. The van der Waals surface area contributed by atoms with E-state index < -0.39 is 0 Å². The summed E-state index contributed by atoms with van der Waals surface area (Å²) in [4.78, 5) is 11.8. The molecule has 8 heteroatoms. The number of hydrogen-bond acceptors (Lipinski definition) is 4. The lowest BCUT2D eigenvalue weighted by atomic mass is 10.4. The van der Waals surface area contributed by atoms with Gasteiger partial charge in [-0.25, -0.2) is 4.68 Å². The summed E-state index contributed by atoms with van der Waals surface area (Å²) in [5.74, 6) is -0.102. The third-order valence-electron chi connectivity index (χ3n) is 2.80. The molecule has 0 unspecified atom stereocenters. The zero-order valence-electron chi connectivity index (χ0n) is 12.0. The number of ether oxygens (including phenoxy) is 1. The van der Waals surface area contributed by atoms with Crippen LogP contribution in [0.5, 0.6) is 0 Å². The first kappa shape index (κ1) is 15.5. The maximum atomic E-state index is 11.8. The zero-order valence-corrected chi connectivity index (χ0v) is 12.8. The molecular formula is C13H18ClN5O2. The average Bonchev–Trinajstić information content (AvgIpc) is 3.02. The lowest BCUT2D eigenvalue weighted by molar-refractivity contribution is -0.116. The minimum absolute atomic E-state index is 0.102. The number of halogens is 1. The number of carbonyl (C=O) groups excluding carboxylic acids is 1. The predicted octanol–water partition coefficient (Wildman–Crippen LogP) is 2.06. The monoisotopic (exact) mass is 311 g/mol. The number of carbonyl (C=O) groups is 1. The summed E-state index contributed by atoms with van der Waals surface area (Å²) in [6, 6.07) is 0. The fraction of sp³-hybridized carbons (Fsp3) is 0.462. The van der Waals surface area contributed by atoms with E-state index >= 15 is 0 Å². The number of hydrogen-bond donors (Lipinski definition) is 1. The lowest BCUT2D eigenvalue weighted by Gasteiger charge is -2.03. The summed E-state index contributed by atoms with van der Waals surface area (Å²) >= 11 is 5.91. The molecule has 0 aliphatic rings. The van der Waals surface area contributed by atoms with E-state index in [-0.39, 0.29) is 5.91 Å². The third-order valence-corrected chi connectivity index (χ3v) is 3.17. The molecule has 1 N–H and O–H groups in total. The maximum Gasteiger partial charge on any atom is 0.226 e. The number of nitrogens with zero attached hydrogens (tertiary/aromatic N) is 4. The molecule has 7 nitrogen and oxygen atoms in total. The highest BCUT2D eigenvalue weighted by Gasteiger charge is 2.07. The molecule has 2 aromatic rings. The molecule has 114 valence electrons. The van der Waals surface area contributed by atoms with Crippen molar-refractivity contribution in [3.63, 3.8) is 0 Å². The van der Waals surface area contributed by atoms with Crippen LogP contribution in [-0.4, -0.2) is 32.1 Å². The summed E-state index contributed by atoms with van der Waals surface area (Å²) in [6.45, 7) is 5.21. The van der Waals surface area contributed by atoms with Crippen LogP contribution < -0.4 is 5.32 Å². The van der Waals surface area contributed by atoms with Crippen LogP contribution >= 0.6 is 11.6 Å². The minimum atomic E-state index is -0.102. The summed E-state index contributed by atoms with van der Waals surface area (Å²) in [6.07, 6.45) is 5.34. The van der Waals surface area contributed by atoms with E-state index in [0.717, 1.165) is 5.69 Å². The molecule has 2 aromatic heterocycles. The predicted molar refractivity (Wildman–Crippen MR) is 79.1 cm³/mol. The highest BCUT2D eigenvalue weighted by atomic mass is 35.5. The van der Waals surface area contributed by atoms with Gasteiger partial charge in [0.25, 0.3) is 0 Å². The lowest BCUT2D eigenvalue weighted by Crippen LogP contribution is -2.14. The van der Waals surface area contributed by atoms with Crippen molar-refractivity contribution in [2.75, 3.05) is 11.9 Å². The SMILES string of the molecule is CCOCn1cc(NC(=O)CCn2cc(Cl)c(C)n2)cn1. The van der Waals surface area contributed by atoms with Crippen molar-refractivity contribution in [2.45, 2.75) is 33.5 Å². The Morgan fingerprint density at radius 1 is 1.43 bits per heavy atom. The number of aryl methyl sites for hydroxylation is 2. The molecule has 0 aliphatic heterocycles. The van der Waals surface area contributed by atoms with Crippen LogP contribution in [0.1, 0.15) is 19.0 Å². The van der Waals surface area contributed by atoms with E-state index in [9.17, 15) is 4.79 Å². The standard InChI is InChI=1S/C13H18ClN5O2/c1-3-21-9-19-7-11(6-15-19)16-13(20)4-5-18-8-12(14)10(2)17-18/h6-8H,3-5,9H2,1-2H3,(H,16,20). The molecular weight excluding hydrogens is 294 g/mol. The topological polar surface area (TPSA) is 74.0 Å². The Morgan fingerprint density at radius 3 is 2.90 bits per heavy atom. The molecule has 0 saturated heterocycles. The maximum absolute atomic E-state index is 11.8. The normalized spacial score (nSPS) is 10.8. The van der Waals surface area contributed by atoms with E-state index in [1.54, 1.807) is 28.0 Å². The fourth-order valence-corrected chi connectivity index (χ4v) is 1.88. The van der Waals surface area contributed by atoms with Crippen molar-refractivity contribution in [3.05, 3.63) is 29.3 Å². The van der Waals surface area contributed by atoms with Crippen molar-refractivity contribution >= 4 is 23.2 Å². The molecule has 0 saturated carbocycles. The second-order valence-electron chi connectivity index (χ2n) is 4.51. The van der Waals surface area contributed by atoms with Crippen LogP contribution in [0.15, 0.2) is 18.6 Å². The fourth-order valence-electron chi connectivity index (χ4n) is 1.73. The first-order valence-corrected chi connectivity index (χ1v) is 7.06. The van der Waals surface area contributed by atoms with Gasteiger partial charge in [-0.1, -0.05) is 11.6 Å². The molecule has 0 aliphatic carbocycles. The number of amides is 1. The Labute approximate surface area is 127 Å². The van der Waals surface area contributed by atoms with Crippen molar-refractivity contribution < 1.29 is 9.53 Å². The Balaban J connectivity index is 1.80. The largest absolute Gasteiger partial charge is 0.360 e. The van der Waals surface area contributed by atoms with E-state index in [1.165, 1.54) is 0 Å². The van der Waals surface area contributed by atoms with Gasteiger partial charge in [0.2, 0.25) is 5.91 Å². The summed E-state index contributed by atoms with van der Waals surface area (Å²) in [7, 11) is 0. The third kappa shape index (κ3) is 4.57. The highest BCUT2D eigenvalue weighted by molar-refractivity contribution is 6.31. The summed E-state index contributed by atoms with van der Waals surface area (Å²) in [5, 5.41) is 11.7. The van der Waals surface area contributed by atoms with Crippen molar-refractivity contribution in [2.24, 2.45) is 0 Å². The van der Waals surface area contributed by atoms with Gasteiger partial charge in [0.15, 0.2) is 0 Å². The first-order valence-electron chi connectivity index (χ1n) is 6.68. The van der Waals surface area contributed by atoms with Gasteiger partial charge in [-0.05, 0) is 13.8 Å². The van der Waals surface area contributed by atoms with E-state index in [0.29, 0.717) is 37.0 Å². The van der Waals surface area contributed by atoms with Gasteiger partial charge in [0.05, 0.1) is 28.8 Å². The molecule has 0 spiro atoms. The van der Waals surface area contributed by atoms with Gasteiger partial charge in [-0.3, -0.25) is 9.48 Å². The zero-order chi connectivity index (χ0) is 15.2. The van der Waals surface area contributed by atoms with Crippen molar-refractivity contribution in [1.29, 1.82) is 0 Å². The molecule has 2 rings (SSSR count). The van der Waals surface area contributed by atoms with E-state index in [1.807, 2.05) is 13.8 Å². The first-order chi connectivity index (χ1) is 10.1. The van der Waals surface area contributed by atoms with Gasteiger partial charge < -0.3 is 10.1 Å². The molecule has 0 bridgehead atoms. The van der Waals surface area contributed by atoms with Gasteiger partial charge in [-0.2, -0.15) is 10.2 Å². The minimum Gasteiger partial charge on any atom is -0.360 e. The van der Waals surface area contributed by atoms with Crippen LogP contribution in [0, 0.1) is 6.92 Å². The molecule has 0 fully saturated rings. The van der Waals surface area contributed by atoms with E-state index in [4.69, 9.17) is 16.3 Å². The smallest absolute Gasteiger partial charge is 0.226 e. The quantitative estimate of drug-likeness (QED) is 0.849. The van der Waals surface area contributed by atoms with Crippen LogP contribution in [0.25, 0.3) is 0 Å². The summed E-state index contributed by atoms with van der Waals surface area (Å²) < 4.78 is 8.50. The molecule has 1 amide bonds. The second kappa shape index (κ2) is 7.24. The van der Waals surface area contributed by atoms with Crippen LogP contribution in [0.3, 0.4) is 0 Å². The summed E-state index contributed by atoms with van der Waals surface area (Å²) in [5.41, 5.74) is 1.41. The van der Waals surface area contributed by atoms with Gasteiger partial charge >= 0.3 is 0 Å². The number of rotatable bonds is 7. The number of nitrogens with one attached hydrogen (secondary N) is 1. The van der Waals surface area contributed by atoms with Crippen molar-refractivity contribution in [3.8, 4) is 0 Å². The van der Waals surface area contributed by atoms with Gasteiger partial charge in [-0.15, -0.1) is 0 Å². The number of anilines is 1. The number of aromatic nitrogens is 4. The van der Waals surface area contributed by atoms with E-state index in [2.05, 4.69) is 15.5 Å². The van der Waals surface area contributed by atoms with Crippen LogP contribution in [0.4, 0.5) is 5.69 Å². The second-order valence-corrected chi connectivity index (χ2v) is 4.92. The highest BCUT2D eigenvalue weighted by Crippen LogP contribution is 2.12. The Kier molecular flexibility index (Phi) is 5.35. The molecule has 0 aromatic carbocycles. The Morgan fingerprint density at radius 2 is 2.24 bits per heavy atom. The molecule has 0 atom stereocenters. The molecule has 21 heavy (non-hydrogen) atoms. The Bertz CT molecular complexity index is 588. The van der Waals surface area contributed by atoms with Gasteiger partial charge in [0, 0.05) is 25.8 Å². The van der Waals surface area contributed by atoms with Gasteiger partial charge in [0.1, 0.15) is 6.73 Å². The molecule has 2 heterocycles. The van der Waals surface area contributed by atoms with Crippen molar-refractivity contribution in [1.82, 2.24) is 19.6 Å². The van der Waals surface area contributed by atoms with Crippen LogP contribution in [-0.2, 0) is 22.8 Å².